The first-order valence-electron chi connectivity index (χ1n) is 7.50. The largest absolute Gasteiger partial charge is 0.390 e. The quantitative estimate of drug-likeness (QED) is 0.638. The summed E-state index contributed by atoms with van der Waals surface area (Å²) in [5.41, 5.74) is 1.32. The van der Waals surface area contributed by atoms with E-state index >= 15 is 0 Å². The second-order valence-electron chi connectivity index (χ2n) is 7.27. The summed E-state index contributed by atoms with van der Waals surface area (Å²) in [6, 6.07) is 0. The molecular formula is C17H28O3. The number of hydrogen-bond acceptors (Lipinski definition) is 3. The van der Waals surface area contributed by atoms with Gasteiger partial charge in [0.25, 0.3) is 0 Å². The van der Waals surface area contributed by atoms with Crippen molar-refractivity contribution in [2.24, 2.45) is 11.3 Å². The number of aliphatic hydroxyl groups is 1. The van der Waals surface area contributed by atoms with Gasteiger partial charge in [0.05, 0.1) is 18.8 Å². The Morgan fingerprint density at radius 2 is 2.05 bits per heavy atom. The Bertz CT molecular complexity index is 399. The smallest absolute Gasteiger partial charge is 0.101 e. The minimum Gasteiger partial charge on any atom is -0.390 e. The maximum atomic E-state index is 10.2. The number of epoxide rings is 1. The Labute approximate surface area is 122 Å². The lowest BCUT2D eigenvalue weighted by atomic mass is 9.72. The van der Waals surface area contributed by atoms with E-state index in [0.29, 0.717) is 0 Å². The van der Waals surface area contributed by atoms with E-state index in [1.165, 1.54) is 5.57 Å². The number of allylic oxidation sites excluding steroid dienone is 3. The van der Waals surface area contributed by atoms with Crippen molar-refractivity contribution in [3.63, 3.8) is 0 Å². The molecule has 0 aromatic heterocycles. The average molecular weight is 280 g/mol. The van der Waals surface area contributed by atoms with Crippen molar-refractivity contribution in [3.05, 3.63) is 23.8 Å². The van der Waals surface area contributed by atoms with E-state index in [1.54, 1.807) is 7.11 Å². The molecule has 1 aliphatic carbocycles. The maximum absolute atomic E-state index is 10.2. The van der Waals surface area contributed by atoms with E-state index in [0.717, 1.165) is 19.4 Å². The third-order valence-corrected chi connectivity index (χ3v) is 4.37. The van der Waals surface area contributed by atoms with Crippen LogP contribution < -0.4 is 0 Å². The molecule has 1 N–H and O–H groups in total. The molecule has 0 amide bonds. The Morgan fingerprint density at radius 3 is 2.55 bits per heavy atom. The second-order valence-corrected chi connectivity index (χ2v) is 7.27. The molecular weight excluding hydrogens is 252 g/mol. The average Bonchev–Trinajstić information content (AvgIpc) is 3.10. The summed E-state index contributed by atoms with van der Waals surface area (Å²) in [5, 5.41) is 10.2. The first-order valence-corrected chi connectivity index (χ1v) is 7.50. The first-order chi connectivity index (χ1) is 9.29. The number of methoxy groups -OCH3 is 1. The predicted molar refractivity (Wildman–Crippen MR) is 80.6 cm³/mol. The van der Waals surface area contributed by atoms with Crippen molar-refractivity contribution >= 4 is 0 Å². The van der Waals surface area contributed by atoms with Gasteiger partial charge in [-0.3, -0.25) is 0 Å². The summed E-state index contributed by atoms with van der Waals surface area (Å²) >= 11 is 0. The molecule has 2 aliphatic rings. The summed E-state index contributed by atoms with van der Waals surface area (Å²) in [7, 11) is 1.68. The van der Waals surface area contributed by atoms with Gasteiger partial charge in [0.2, 0.25) is 0 Å². The fraction of sp³-hybridized carbons (Fsp3) is 0.765. The Kier molecular flexibility index (Phi) is 4.43. The molecule has 4 unspecified atom stereocenters. The molecule has 1 spiro atoms. The Hall–Kier alpha value is -0.640. The van der Waals surface area contributed by atoms with Gasteiger partial charge in [0.1, 0.15) is 5.60 Å². The van der Waals surface area contributed by atoms with Crippen LogP contribution in [-0.2, 0) is 9.47 Å². The molecule has 2 fully saturated rings. The molecule has 20 heavy (non-hydrogen) atoms. The van der Waals surface area contributed by atoms with Crippen LogP contribution in [0.2, 0.25) is 0 Å². The third kappa shape index (κ3) is 3.33. The van der Waals surface area contributed by atoms with Crippen molar-refractivity contribution in [3.8, 4) is 0 Å². The fourth-order valence-corrected chi connectivity index (χ4v) is 3.21. The molecule has 3 heteroatoms. The summed E-state index contributed by atoms with van der Waals surface area (Å²) in [6.45, 7) is 9.45. The van der Waals surface area contributed by atoms with E-state index in [4.69, 9.17) is 9.47 Å². The number of hydrogen-bond donors (Lipinski definition) is 1. The summed E-state index contributed by atoms with van der Waals surface area (Å²) in [4.78, 5) is 0. The molecule has 1 aliphatic heterocycles. The van der Waals surface area contributed by atoms with Crippen LogP contribution in [-0.4, -0.2) is 36.6 Å². The van der Waals surface area contributed by atoms with Crippen LogP contribution in [0.4, 0.5) is 0 Å². The van der Waals surface area contributed by atoms with Gasteiger partial charge < -0.3 is 14.6 Å². The van der Waals surface area contributed by atoms with Crippen LogP contribution >= 0.6 is 0 Å². The Morgan fingerprint density at radius 1 is 1.40 bits per heavy atom. The van der Waals surface area contributed by atoms with Gasteiger partial charge in [0, 0.05) is 13.0 Å². The van der Waals surface area contributed by atoms with E-state index in [9.17, 15) is 5.11 Å². The predicted octanol–water partition coefficient (Wildman–Crippen LogP) is 3.09. The van der Waals surface area contributed by atoms with Crippen LogP contribution in [0.1, 0.15) is 40.5 Å². The molecule has 1 saturated carbocycles. The standard InChI is InChI=1S/C17H28O3/c1-12(7-6-9-16(2,3)4)14-15(19-5)13(18)8-10-17(14)11-20-17/h6-7,9,13-15,18H,8,10-11H2,1-5H3. The van der Waals surface area contributed by atoms with Crippen LogP contribution in [0.15, 0.2) is 23.8 Å². The van der Waals surface area contributed by atoms with E-state index in [-0.39, 0.29) is 23.0 Å². The van der Waals surface area contributed by atoms with Gasteiger partial charge >= 0.3 is 0 Å². The van der Waals surface area contributed by atoms with Crippen molar-refractivity contribution in [2.45, 2.75) is 58.3 Å². The summed E-state index contributed by atoms with van der Waals surface area (Å²) in [5.74, 6) is 0.154. The van der Waals surface area contributed by atoms with Crippen LogP contribution in [0.5, 0.6) is 0 Å². The minimum absolute atomic E-state index is 0.0872. The lowest BCUT2D eigenvalue weighted by molar-refractivity contribution is -0.0849. The van der Waals surface area contributed by atoms with Crippen LogP contribution in [0.3, 0.4) is 0 Å². The van der Waals surface area contributed by atoms with Crippen molar-refractivity contribution in [1.82, 2.24) is 0 Å². The third-order valence-electron chi connectivity index (χ3n) is 4.37. The molecule has 114 valence electrons. The topological polar surface area (TPSA) is 42.0 Å². The fourth-order valence-electron chi connectivity index (χ4n) is 3.21. The van der Waals surface area contributed by atoms with Gasteiger partial charge in [-0.1, -0.05) is 44.6 Å². The zero-order chi connectivity index (χ0) is 15.0. The summed E-state index contributed by atoms with van der Waals surface area (Å²) in [6.07, 6.45) is 7.58. The van der Waals surface area contributed by atoms with Crippen LogP contribution in [0, 0.1) is 11.3 Å². The van der Waals surface area contributed by atoms with Gasteiger partial charge in [0.15, 0.2) is 0 Å². The van der Waals surface area contributed by atoms with E-state index in [1.807, 2.05) is 0 Å². The molecule has 2 rings (SSSR count). The van der Waals surface area contributed by atoms with Crippen molar-refractivity contribution < 1.29 is 14.6 Å². The molecule has 0 aromatic rings. The molecule has 1 saturated heterocycles. The Balaban J connectivity index is 2.18. The lowest BCUT2D eigenvalue weighted by Gasteiger charge is -2.39. The molecule has 0 aromatic carbocycles. The zero-order valence-electron chi connectivity index (χ0n) is 13.3. The second kappa shape index (κ2) is 5.63. The van der Waals surface area contributed by atoms with Crippen LogP contribution in [0.25, 0.3) is 0 Å². The summed E-state index contributed by atoms with van der Waals surface area (Å²) < 4.78 is 11.3. The highest BCUT2D eigenvalue weighted by atomic mass is 16.6. The molecule has 3 nitrogen and oxygen atoms in total. The first kappa shape index (κ1) is 15.7. The number of rotatable bonds is 3. The lowest BCUT2D eigenvalue weighted by Crippen LogP contribution is -2.48. The molecule has 1 heterocycles. The monoisotopic (exact) mass is 280 g/mol. The number of aliphatic hydroxyl groups excluding tert-OH is 1. The van der Waals surface area contributed by atoms with Gasteiger partial charge in [-0.25, -0.2) is 0 Å². The normalized spacial score (nSPS) is 38.7. The van der Waals surface area contributed by atoms with E-state index < -0.39 is 6.10 Å². The molecule has 0 radical (unpaired) electrons. The zero-order valence-corrected chi connectivity index (χ0v) is 13.3. The highest BCUT2D eigenvalue weighted by molar-refractivity contribution is 5.24. The van der Waals surface area contributed by atoms with Gasteiger partial charge in [-0.15, -0.1) is 0 Å². The highest BCUT2D eigenvalue weighted by Crippen LogP contribution is 2.50. The van der Waals surface area contributed by atoms with Gasteiger partial charge in [-0.2, -0.15) is 0 Å². The highest BCUT2D eigenvalue weighted by Gasteiger charge is 2.58. The number of ether oxygens (including phenoxy) is 2. The molecule has 0 bridgehead atoms. The van der Waals surface area contributed by atoms with E-state index in [2.05, 4.69) is 45.9 Å². The maximum Gasteiger partial charge on any atom is 0.101 e. The van der Waals surface area contributed by atoms with Crippen molar-refractivity contribution in [2.75, 3.05) is 13.7 Å². The minimum atomic E-state index is -0.394. The van der Waals surface area contributed by atoms with Crippen molar-refractivity contribution in [1.29, 1.82) is 0 Å². The molecule has 4 atom stereocenters. The SMILES string of the molecule is COC1C(O)CCC2(CO2)C1C(C)=CC=CC(C)(C)C. The van der Waals surface area contributed by atoms with Gasteiger partial charge in [-0.05, 0) is 25.2 Å².